The molecule has 22 heavy (non-hydrogen) atoms. The highest BCUT2D eigenvalue weighted by Gasteiger charge is 2.32. The number of nitrogens with one attached hydrogen (secondary N) is 1. The van der Waals surface area contributed by atoms with Gasteiger partial charge >= 0.3 is 0 Å². The fourth-order valence-corrected chi connectivity index (χ4v) is 4.03. The van der Waals surface area contributed by atoms with Gasteiger partial charge in [-0.15, -0.1) is 0 Å². The second kappa shape index (κ2) is 6.66. The van der Waals surface area contributed by atoms with Crippen LogP contribution < -0.4 is 9.62 Å². The number of sulfonamides is 1. The molecule has 0 fully saturated rings. The Morgan fingerprint density at radius 3 is 2.82 bits per heavy atom. The minimum Gasteiger partial charge on any atom is -0.385 e. The first kappa shape index (κ1) is 16.8. The molecule has 122 valence electrons. The van der Waals surface area contributed by atoms with Crippen LogP contribution in [0.3, 0.4) is 0 Å². The van der Waals surface area contributed by atoms with E-state index in [1.165, 1.54) is 10.6 Å². The maximum absolute atomic E-state index is 12.1. The monoisotopic (exact) mass is 326 g/mol. The van der Waals surface area contributed by atoms with E-state index in [1.807, 2.05) is 6.92 Å². The quantitative estimate of drug-likeness (QED) is 0.796. The van der Waals surface area contributed by atoms with Gasteiger partial charge in [-0.1, -0.05) is 0 Å². The Hall–Kier alpha value is -1.60. The van der Waals surface area contributed by atoms with Crippen LogP contribution in [0.25, 0.3) is 0 Å². The molecule has 0 unspecified atom stereocenters. The fraction of sp³-hybridized carbons (Fsp3) is 0.533. The van der Waals surface area contributed by atoms with Crippen LogP contribution in [-0.2, 0) is 21.2 Å². The van der Waals surface area contributed by atoms with Gasteiger partial charge in [-0.25, -0.2) is 8.42 Å². The van der Waals surface area contributed by atoms with E-state index < -0.39 is 10.0 Å². The van der Waals surface area contributed by atoms with Crippen molar-refractivity contribution in [2.24, 2.45) is 0 Å². The van der Waals surface area contributed by atoms with E-state index in [0.29, 0.717) is 30.8 Å². The smallest absolute Gasteiger partial charge is 0.251 e. The lowest BCUT2D eigenvalue weighted by atomic mass is 10.1. The van der Waals surface area contributed by atoms with Crippen molar-refractivity contribution in [1.82, 2.24) is 5.32 Å². The maximum Gasteiger partial charge on any atom is 0.251 e. The maximum atomic E-state index is 12.1. The molecule has 1 aliphatic rings. The van der Waals surface area contributed by atoms with Crippen molar-refractivity contribution in [3.05, 3.63) is 29.3 Å². The van der Waals surface area contributed by atoms with Crippen LogP contribution in [0.5, 0.6) is 0 Å². The second-order valence-electron chi connectivity index (χ2n) is 5.56. The van der Waals surface area contributed by atoms with Crippen molar-refractivity contribution < 1.29 is 17.9 Å². The molecule has 0 spiro atoms. The Balaban J connectivity index is 2.13. The molecular formula is C15H22N2O4S. The van der Waals surface area contributed by atoms with Gasteiger partial charge in [0.05, 0.1) is 11.9 Å². The van der Waals surface area contributed by atoms with Gasteiger partial charge in [-0.05, 0) is 43.5 Å². The predicted molar refractivity (Wildman–Crippen MR) is 85.8 cm³/mol. The van der Waals surface area contributed by atoms with Gasteiger partial charge < -0.3 is 10.1 Å². The Morgan fingerprint density at radius 2 is 2.18 bits per heavy atom. The van der Waals surface area contributed by atoms with Gasteiger partial charge in [0.25, 0.3) is 5.91 Å². The third kappa shape index (κ3) is 3.59. The summed E-state index contributed by atoms with van der Waals surface area (Å²) < 4.78 is 30.1. The Bertz CT molecular complexity index is 658. The van der Waals surface area contributed by atoms with Crippen LogP contribution in [0.15, 0.2) is 18.2 Å². The number of fused-ring (bicyclic) bond motifs is 1. The molecule has 1 aliphatic heterocycles. The zero-order valence-electron chi connectivity index (χ0n) is 13.1. The molecule has 1 amide bonds. The van der Waals surface area contributed by atoms with E-state index >= 15 is 0 Å². The van der Waals surface area contributed by atoms with Crippen LogP contribution in [0.2, 0.25) is 0 Å². The van der Waals surface area contributed by atoms with Gasteiger partial charge in [0.2, 0.25) is 10.0 Å². The second-order valence-corrected chi connectivity index (χ2v) is 7.42. The molecule has 1 aromatic carbocycles. The van der Waals surface area contributed by atoms with Gasteiger partial charge in [0.15, 0.2) is 0 Å². The van der Waals surface area contributed by atoms with E-state index in [1.54, 1.807) is 25.3 Å². The highest BCUT2D eigenvalue weighted by atomic mass is 32.2. The number of ether oxygens (including phenoxy) is 1. The summed E-state index contributed by atoms with van der Waals surface area (Å²) in [6.07, 6.45) is 2.58. The number of carbonyl (C=O) groups excluding carboxylic acids is 1. The van der Waals surface area contributed by atoms with E-state index in [9.17, 15) is 13.2 Å². The number of methoxy groups -OCH3 is 1. The summed E-state index contributed by atoms with van der Waals surface area (Å²) in [5.41, 5.74) is 2.12. The van der Waals surface area contributed by atoms with Crippen molar-refractivity contribution >= 4 is 21.6 Å². The molecule has 0 bridgehead atoms. The fourth-order valence-electron chi connectivity index (χ4n) is 2.77. The van der Waals surface area contributed by atoms with Crippen LogP contribution >= 0.6 is 0 Å². The first-order valence-corrected chi connectivity index (χ1v) is 9.09. The number of anilines is 1. The lowest BCUT2D eigenvalue weighted by molar-refractivity contribution is 0.0948. The van der Waals surface area contributed by atoms with Crippen LogP contribution in [0.1, 0.15) is 29.3 Å². The summed E-state index contributed by atoms with van der Waals surface area (Å²) in [5, 5.41) is 2.83. The predicted octanol–water partition coefficient (Wildman–Crippen LogP) is 1.16. The summed E-state index contributed by atoms with van der Waals surface area (Å²) in [6.45, 7) is 3.02. The zero-order valence-corrected chi connectivity index (χ0v) is 13.9. The Morgan fingerprint density at radius 1 is 1.45 bits per heavy atom. The summed E-state index contributed by atoms with van der Waals surface area (Å²) in [5.74, 6) is -0.149. The van der Waals surface area contributed by atoms with Gasteiger partial charge in [0, 0.05) is 31.9 Å². The first-order chi connectivity index (χ1) is 10.3. The molecule has 0 aliphatic carbocycles. The van der Waals surface area contributed by atoms with E-state index in [0.717, 1.165) is 12.0 Å². The highest BCUT2D eigenvalue weighted by molar-refractivity contribution is 7.92. The standard InChI is InChI=1S/C15H22N2O4S/c1-11-9-13-10-12(15(18)16-7-4-8-21-2)5-6-14(13)17(11)22(3,19)20/h5-6,10-11H,4,7-9H2,1-3H3,(H,16,18)/t11-/m0/s1. The number of nitrogens with zero attached hydrogens (tertiary/aromatic N) is 1. The van der Waals surface area contributed by atoms with Crippen molar-refractivity contribution in [2.45, 2.75) is 25.8 Å². The van der Waals surface area contributed by atoms with E-state index in [2.05, 4.69) is 5.32 Å². The third-order valence-electron chi connectivity index (χ3n) is 3.66. The van der Waals surface area contributed by atoms with Crippen molar-refractivity contribution in [3.8, 4) is 0 Å². The zero-order chi connectivity index (χ0) is 16.3. The van der Waals surface area contributed by atoms with E-state index in [4.69, 9.17) is 4.74 Å². The molecule has 2 rings (SSSR count). The summed E-state index contributed by atoms with van der Waals surface area (Å²) >= 11 is 0. The molecular weight excluding hydrogens is 304 g/mol. The molecule has 6 nitrogen and oxygen atoms in total. The minimum atomic E-state index is -3.30. The molecule has 1 N–H and O–H groups in total. The van der Waals surface area contributed by atoms with Crippen molar-refractivity contribution in [3.63, 3.8) is 0 Å². The van der Waals surface area contributed by atoms with E-state index in [-0.39, 0.29) is 11.9 Å². The summed E-state index contributed by atoms with van der Waals surface area (Å²) in [4.78, 5) is 12.1. The lowest BCUT2D eigenvalue weighted by Crippen LogP contribution is -2.34. The van der Waals surface area contributed by atoms with Gasteiger partial charge in [-0.2, -0.15) is 0 Å². The number of hydrogen-bond acceptors (Lipinski definition) is 4. The minimum absolute atomic E-state index is 0.120. The van der Waals surface area contributed by atoms with Crippen molar-refractivity contribution in [2.75, 3.05) is 30.8 Å². The highest BCUT2D eigenvalue weighted by Crippen LogP contribution is 2.34. The van der Waals surface area contributed by atoms with Gasteiger partial charge in [0.1, 0.15) is 0 Å². The molecule has 7 heteroatoms. The Kier molecular flexibility index (Phi) is 5.08. The number of hydrogen-bond donors (Lipinski definition) is 1. The molecule has 1 atom stereocenters. The molecule has 0 aromatic heterocycles. The lowest BCUT2D eigenvalue weighted by Gasteiger charge is -2.21. The molecule has 1 aromatic rings. The summed E-state index contributed by atoms with van der Waals surface area (Å²) in [6, 6.07) is 5.04. The molecule has 1 heterocycles. The number of benzene rings is 1. The van der Waals surface area contributed by atoms with Crippen LogP contribution in [0, 0.1) is 0 Å². The van der Waals surface area contributed by atoms with Gasteiger partial charge in [-0.3, -0.25) is 9.10 Å². The number of carbonyl (C=O) groups is 1. The summed E-state index contributed by atoms with van der Waals surface area (Å²) in [7, 11) is -1.68. The third-order valence-corrected chi connectivity index (χ3v) is 4.93. The van der Waals surface area contributed by atoms with Crippen molar-refractivity contribution in [1.29, 1.82) is 0 Å². The molecule has 0 saturated heterocycles. The topological polar surface area (TPSA) is 75.7 Å². The number of amides is 1. The largest absolute Gasteiger partial charge is 0.385 e. The number of rotatable bonds is 6. The normalized spacial score (nSPS) is 17.4. The average Bonchev–Trinajstić information content (AvgIpc) is 2.77. The van der Waals surface area contributed by atoms with Crippen LogP contribution in [-0.4, -0.2) is 46.9 Å². The first-order valence-electron chi connectivity index (χ1n) is 7.24. The average molecular weight is 326 g/mol. The Labute approximate surface area is 131 Å². The van der Waals surface area contributed by atoms with Crippen LogP contribution in [0.4, 0.5) is 5.69 Å². The molecule has 0 saturated carbocycles. The SMILES string of the molecule is COCCCNC(=O)c1ccc2c(c1)C[C@H](C)N2S(C)(=O)=O. The molecule has 0 radical (unpaired) electrons.